The Balaban J connectivity index is 2.45. The minimum absolute atomic E-state index is 0.0798. The van der Waals surface area contributed by atoms with Crippen LogP contribution < -0.4 is 4.52 Å². The van der Waals surface area contributed by atoms with Gasteiger partial charge < -0.3 is 19.8 Å². The van der Waals surface area contributed by atoms with Gasteiger partial charge in [-0.25, -0.2) is 4.57 Å². The second-order valence-electron chi connectivity index (χ2n) is 5.32. The van der Waals surface area contributed by atoms with Gasteiger partial charge in [0, 0.05) is 5.92 Å². The molecule has 0 fully saturated rings. The van der Waals surface area contributed by atoms with E-state index in [0.717, 1.165) is 0 Å². The van der Waals surface area contributed by atoms with Crippen LogP contribution in [0, 0.1) is 0 Å². The maximum atomic E-state index is 11.1. The van der Waals surface area contributed by atoms with E-state index in [1.54, 1.807) is 12.1 Å². The Morgan fingerprint density at radius 2 is 1.71 bits per heavy atom. The van der Waals surface area contributed by atoms with Gasteiger partial charge >= 0.3 is 7.82 Å². The molecule has 7 nitrogen and oxygen atoms in total. The van der Waals surface area contributed by atoms with Gasteiger partial charge in [0.15, 0.2) is 0 Å². The number of benzene rings is 2. The Morgan fingerprint density at radius 1 is 1.08 bits per heavy atom. The summed E-state index contributed by atoms with van der Waals surface area (Å²) in [5.74, 6) is -1.01. The molecular formula is C16H19O7P. The molecule has 0 radical (unpaired) electrons. The Labute approximate surface area is 139 Å². The van der Waals surface area contributed by atoms with Gasteiger partial charge in [-0.3, -0.25) is 9.79 Å². The maximum absolute atomic E-state index is 11.1. The van der Waals surface area contributed by atoms with E-state index in [4.69, 9.17) is 9.79 Å². The van der Waals surface area contributed by atoms with Crippen molar-refractivity contribution in [3.63, 3.8) is 0 Å². The Morgan fingerprint density at radius 3 is 2.25 bits per heavy atom. The van der Waals surface area contributed by atoms with Gasteiger partial charge in [-0.05, 0) is 36.2 Å². The molecule has 0 aromatic heterocycles. The maximum Gasteiger partial charge on any atom is 0.524 e. The van der Waals surface area contributed by atoms with E-state index >= 15 is 0 Å². The summed E-state index contributed by atoms with van der Waals surface area (Å²) >= 11 is 0. The van der Waals surface area contributed by atoms with E-state index in [1.807, 2.05) is 6.92 Å². The van der Waals surface area contributed by atoms with Crippen LogP contribution in [0.5, 0.6) is 17.2 Å². The fraction of sp³-hybridized carbons (Fsp3) is 0.250. The van der Waals surface area contributed by atoms with Crippen molar-refractivity contribution >= 4 is 7.82 Å². The molecule has 0 heterocycles. The van der Waals surface area contributed by atoms with Gasteiger partial charge in [0.05, 0.1) is 11.7 Å². The van der Waals surface area contributed by atoms with Gasteiger partial charge in [-0.2, -0.15) is 0 Å². The van der Waals surface area contributed by atoms with E-state index in [9.17, 15) is 19.9 Å². The van der Waals surface area contributed by atoms with Crippen LogP contribution in [-0.2, 0) is 4.57 Å². The predicted octanol–water partition coefficient (Wildman–Crippen LogP) is 2.80. The predicted molar refractivity (Wildman–Crippen MR) is 86.9 cm³/mol. The highest BCUT2D eigenvalue weighted by Crippen LogP contribution is 2.47. The number of rotatable bonds is 6. The molecule has 0 bridgehead atoms. The van der Waals surface area contributed by atoms with Crippen LogP contribution in [0.3, 0.4) is 0 Å². The first-order valence-electron chi connectivity index (χ1n) is 7.27. The second-order valence-corrected chi connectivity index (χ2v) is 6.49. The molecule has 0 saturated heterocycles. The number of phosphoric acid groups is 1. The second kappa shape index (κ2) is 7.23. The summed E-state index contributed by atoms with van der Waals surface area (Å²) in [6.45, 7) is 1.82. The van der Waals surface area contributed by atoms with Gasteiger partial charge in [0.1, 0.15) is 17.2 Å². The van der Waals surface area contributed by atoms with Crippen LogP contribution in [0.25, 0.3) is 0 Å². The standard InChI is InChI=1S/C16H19O7P/c1-2-12(10-6-8-11(17)9-7-10)16(19)15-13(18)4-3-5-14(15)23-24(20,21)22/h3-9,12,16-19H,2H2,1H3,(H2,20,21,22). The molecule has 0 saturated carbocycles. The molecule has 130 valence electrons. The lowest BCUT2D eigenvalue weighted by atomic mass is 9.86. The van der Waals surface area contributed by atoms with Crippen LogP contribution in [0.2, 0.25) is 0 Å². The van der Waals surface area contributed by atoms with Crippen molar-refractivity contribution in [1.29, 1.82) is 0 Å². The third-order valence-electron chi connectivity index (χ3n) is 3.70. The van der Waals surface area contributed by atoms with Crippen LogP contribution in [0.4, 0.5) is 0 Å². The quantitative estimate of drug-likeness (QED) is 0.505. The summed E-state index contributed by atoms with van der Waals surface area (Å²) in [6, 6.07) is 10.1. The molecule has 0 aliphatic heterocycles. The third kappa shape index (κ3) is 4.27. The smallest absolute Gasteiger partial charge is 0.508 e. The molecule has 2 unspecified atom stereocenters. The Kier molecular flexibility index (Phi) is 5.51. The van der Waals surface area contributed by atoms with Crippen molar-refractivity contribution < 1.29 is 34.2 Å². The summed E-state index contributed by atoms with van der Waals surface area (Å²) in [4.78, 5) is 18.0. The third-order valence-corrected chi connectivity index (χ3v) is 4.13. The van der Waals surface area contributed by atoms with Gasteiger partial charge in [-0.1, -0.05) is 25.1 Å². The number of aliphatic hydroxyl groups is 1. The normalized spacial score (nSPS) is 14.2. The SMILES string of the molecule is CCC(c1ccc(O)cc1)C(O)c1c(O)cccc1OP(=O)(O)O. The molecule has 2 atom stereocenters. The number of phenolic OH excluding ortho intramolecular Hbond substituents is 2. The molecular weight excluding hydrogens is 335 g/mol. The number of hydrogen-bond acceptors (Lipinski definition) is 5. The lowest BCUT2D eigenvalue weighted by Crippen LogP contribution is -2.12. The minimum Gasteiger partial charge on any atom is -0.508 e. The summed E-state index contributed by atoms with van der Waals surface area (Å²) in [5, 5.41) is 30.1. The average molecular weight is 354 g/mol. The molecule has 2 aromatic carbocycles. The first-order valence-corrected chi connectivity index (χ1v) is 8.80. The number of aromatic hydroxyl groups is 2. The zero-order valence-corrected chi connectivity index (χ0v) is 13.8. The Hall–Kier alpha value is -2.05. The summed E-state index contributed by atoms with van der Waals surface area (Å²) in [7, 11) is -4.85. The van der Waals surface area contributed by atoms with Gasteiger partial charge in [-0.15, -0.1) is 0 Å². The fourth-order valence-corrected chi connectivity index (χ4v) is 3.02. The van der Waals surface area contributed by atoms with Crippen molar-refractivity contribution in [1.82, 2.24) is 0 Å². The highest BCUT2D eigenvalue weighted by atomic mass is 31.2. The summed E-state index contributed by atoms with van der Waals surface area (Å²) in [5.41, 5.74) is 0.605. The summed E-state index contributed by atoms with van der Waals surface area (Å²) in [6.07, 6.45) is -0.780. The summed E-state index contributed by atoms with van der Waals surface area (Å²) < 4.78 is 15.7. The van der Waals surface area contributed by atoms with Crippen LogP contribution in [-0.4, -0.2) is 25.1 Å². The van der Waals surface area contributed by atoms with E-state index in [0.29, 0.717) is 12.0 Å². The fourth-order valence-electron chi connectivity index (χ4n) is 2.60. The van der Waals surface area contributed by atoms with Crippen LogP contribution in [0.15, 0.2) is 42.5 Å². The van der Waals surface area contributed by atoms with E-state index in [-0.39, 0.29) is 22.8 Å². The number of hydrogen-bond donors (Lipinski definition) is 5. The number of phosphoric ester groups is 1. The molecule has 0 aliphatic carbocycles. The van der Waals surface area contributed by atoms with Crippen LogP contribution >= 0.6 is 7.82 Å². The number of aliphatic hydroxyl groups excluding tert-OH is 1. The minimum atomic E-state index is -4.85. The molecule has 2 aromatic rings. The van der Waals surface area contributed by atoms with Crippen molar-refractivity contribution in [2.45, 2.75) is 25.4 Å². The zero-order valence-electron chi connectivity index (χ0n) is 12.9. The Bertz CT molecular complexity index is 739. The molecule has 2 rings (SSSR count). The van der Waals surface area contributed by atoms with E-state index in [1.165, 1.54) is 30.3 Å². The first kappa shape index (κ1) is 18.3. The van der Waals surface area contributed by atoms with Crippen molar-refractivity contribution in [3.8, 4) is 17.2 Å². The monoisotopic (exact) mass is 354 g/mol. The molecule has 24 heavy (non-hydrogen) atoms. The van der Waals surface area contributed by atoms with Crippen molar-refractivity contribution in [2.75, 3.05) is 0 Å². The highest BCUT2D eigenvalue weighted by Gasteiger charge is 2.29. The zero-order chi connectivity index (χ0) is 17.9. The van der Waals surface area contributed by atoms with Gasteiger partial charge in [0.2, 0.25) is 0 Å². The first-order chi connectivity index (χ1) is 11.2. The molecule has 8 heteroatoms. The topological polar surface area (TPSA) is 127 Å². The van der Waals surface area contributed by atoms with E-state index in [2.05, 4.69) is 4.52 Å². The lowest BCUT2D eigenvalue weighted by Gasteiger charge is -2.25. The molecule has 0 amide bonds. The van der Waals surface area contributed by atoms with Crippen LogP contribution in [0.1, 0.15) is 36.5 Å². The lowest BCUT2D eigenvalue weighted by molar-refractivity contribution is 0.136. The van der Waals surface area contributed by atoms with Crippen molar-refractivity contribution in [3.05, 3.63) is 53.6 Å². The largest absolute Gasteiger partial charge is 0.524 e. The van der Waals surface area contributed by atoms with E-state index < -0.39 is 19.8 Å². The highest BCUT2D eigenvalue weighted by molar-refractivity contribution is 7.46. The average Bonchev–Trinajstić information content (AvgIpc) is 2.48. The van der Waals surface area contributed by atoms with Crippen molar-refractivity contribution in [2.24, 2.45) is 0 Å². The van der Waals surface area contributed by atoms with Gasteiger partial charge in [0.25, 0.3) is 0 Å². The molecule has 5 N–H and O–H groups in total. The number of phenols is 2. The molecule has 0 aliphatic rings. The molecule has 0 spiro atoms.